The number of ketones is 1. The average Bonchev–Trinajstić information content (AvgIpc) is 2.73. The highest BCUT2D eigenvalue weighted by Gasteiger charge is 2.32. The monoisotopic (exact) mass is 228 g/mol. The first-order valence-electron chi connectivity index (χ1n) is 6.84. The molecule has 0 amide bonds. The average molecular weight is 228 g/mol. The van der Waals surface area contributed by atoms with Crippen LogP contribution in [0.3, 0.4) is 0 Å². The molecule has 0 bridgehead atoms. The smallest absolute Gasteiger partial charge is 0.136 e. The number of fused-ring (bicyclic) bond motifs is 1. The Morgan fingerprint density at radius 1 is 1.29 bits per heavy atom. The zero-order valence-electron chi connectivity index (χ0n) is 10.5. The molecule has 1 saturated carbocycles. The van der Waals surface area contributed by atoms with E-state index in [2.05, 4.69) is 31.2 Å². The number of hydrogen-bond acceptors (Lipinski definition) is 1. The molecule has 3 unspecified atom stereocenters. The van der Waals surface area contributed by atoms with Gasteiger partial charge in [0.1, 0.15) is 5.78 Å². The topological polar surface area (TPSA) is 17.1 Å². The molecular formula is C16H20O. The standard InChI is InChI=1S/C16H20O/c1-11-6-7-13(8-11)16(17)10-14-9-12-4-2-3-5-15(12)14/h2-5,11,13-14H,6-10H2,1H3. The van der Waals surface area contributed by atoms with E-state index in [0.717, 1.165) is 31.6 Å². The minimum absolute atomic E-state index is 0.373. The van der Waals surface area contributed by atoms with Gasteiger partial charge < -0.3 is 0 Å². The van der Waals surface area contributed by atoms with Crippen molar-refractivity contribution in [2.75, 3.05) is 0 Å². The van der Waals surface area contributed by atoms with Crippen LogP contribution in [0.4, 0.5) is 0 Å². The molecule has 0 saturated heterocycles. The Morgan fingerprint density at radius 3 is 2.82 bits per heavy atom. The second-order valence-corrected chi connectivity index (χ2v) is 5.89. The molecule has 3 atom stereocenters. The Hall–Kier alpha value is -1.11. The Labute approximate surface area is 103 Å². The minimum Gasteiger partial charge on any atom is -0.299 e. The number of benzene rings is 1. The Bertz CT molecular complexity index is 435. The number of carbonyl (C=O) groups is 1. The van der Waals surface area contributed by atoms with E-state index < -0.39 is 0 Å². The molecule has 17 heavy (non-hydrogen) atoms. The summed E-state index contributed by atoms with van der Waals surface area (Å²) in [6.45, 7) is 2.27. The first-order chi connectivity index (χ1) is 8.24. The fourth-order valence-electron chi connectivity index (χ4n) is 3.45. The van der Waals surface area contributed by atoms with Crippen molar-refractivity contribution in [3.8, 4) is 0 Å². The van der Waals surface area contributed by atoms with Crippen LogP contribution in [0.15, 0.2) is 24.3 Å². The Balaban J connectivity index is 1.61. The van der Waals surface area contributed by atoms with E-state index in [4.69, 9.17) is 0 Å². The van der Waals surface area contributed by atoms with Gasteiger partial charge in [-0.2, -0.15) is 0 Å². The van der Waals surface area contributed by atoms with Crippen LogP contribution in [0, 0.1) is 11.8 Å². The summed E-state index contributed by atoms with van der Waals surface area (Å²) in [6.07, 6.45) is 5.41. The third-order valence-electron chi connectivity index (χ3n) is 4.56. The maximum atomic E-state index is 12.2. The number of hydrogen-bond donors (Lipinski definition) is 0. The van der Waals surface area contributed by atoms with Gasteiger partial charge in [0.05, 0.1) is 0 Å². The van der Waals surface area contributed by atoms with Gasteiger partial charge in [-0.1, -0.05) is 31.2 Å². The van der Waals surface area contributed by atoms with E-state index in [0.29, 0.717) is 17.6 Å². The fraction of sp³-hybridized carbons (Fsp3) is 0.562. The molecule has 1 heteroatoms. The van der Waals surface area contributed by atoms with Gasteiger partial charge in [0, 0.05) is 12.3 Å². The molecule has 0 aromatic heterocycles. The summed E-state index contributed by atoms with van der Waals surface area (Å²) in [7, 11) is 0. The molecule has 0 N–H and O–H groups in total. The zero-order valence-corrected chi connectivity index (χ0v) is 10.5. The van der Waals surface area contributed by atoms with Crippen molar-refractivity contribution in [3.63, 3.8) is 0 Å². The molecule has 90 valence electrons. The quantitative estimate of drug-likeness (QED) is 0.770. The van der Waals surface area contributed by atoms with Crippen molar-refractivity contribution in [2.45, 2.75) is 44.9 Å². The third-order valence-corrected chi connectivity index (χ3v) is 4.56. The summed E-state index contributed by atoms with van der Waals surface area (Å²) in [5, 5.41) is 0. The van der Waals surface area contributed by atoms with Gasteiger partial charge >= 0.3 is 0 Å². The van der Waals surface area contributed by atoms with Gasteiger partial charge in [-0.3, -0.25) is 4.79 Å². The molecule has 0 aliphatic heterocycles. The van der Waals surface area contributed by atoms with Crippen LogP contribution in [0.25, 0.3) is 0 Å². The Kier molecular flexibility index (Phi) is 2.78. The van der Waals surface area contributed by atoms with Crippen molar-refractivity contribution in [3.05, 3.63) is 35.4 Å². The van der Waals surface area contributed by atoms with Crippen LogP contribution >= 0.6 is 0 Å². The fourth-order valence-corrected chi connectivity index (χ4v) is 3.45. The maximum absolute atomic E-state index is 12.2. The highest BCUT2D eigenvalue weighted by Crippen LogP contribution is 2.40. The lowest BCUT2D eigenvalue weighted by Crippen LogP contribution is -2.23. The molecule has 1 aromatic rings. The predicted molar refractivity (Wildman–Crippen MR) is 69.0 cm³/mol. The first kappa shape index (κ1) is 11.0. The molecule has 3 rings (SSSR count). The van der Waals surface area contributed by atoms with Crippen molar-refractivity contribution in [2.24, 2.45) is 11.8 Å². The second-order valence-electron chi connectivity index (χ2n) is 5.89. The lowest BCUT2D eigenvalue weighted by Gasteiger charge is -2.30. The minimum atomic E-state index is 0.373. The molecule has 1 nitrogen and oxygen atoms in total. The summed E-state index contributed by atoms with van der Waals surface area (Å²) in [4.78, 5) is 12.2. The third kappa shape index (κ3) is 2.03. The van der Waals surface area contributed by atoms with E-state index in [1.165, 1.54) is 17.5 Å². The summed E-state index contributed by atoms with van der Waals surface area (Å²) >= 11 is 0. The number of Topliss-reactive ketones (excluding diaryl/α,β-unsaturated/α-hetero) is 1. The van der Waals surface area contributed by atoms with Gasteiger partial charge in [-0.05, 0) is 48.6 Å². The van der Waals surface area contributed by atoms with Crippen LogP contribution in [-0.2, 0) is 11.2 Å². The maximum Gasteiger partial charge on any atom is 0.136 e. The van der Waals surface area contributed by atoms with E-state index in [1.54, 1.807) is 0 Å². The lowest BCUT2D eigenvalue weighted by atomic mass is 9.74. The molecule has 1 fully saturated rings. The summed E-state index contributed by atoms with van der Waals surface area (Å²) in [5.74, 6) is 2.18. The van der Waals surface area contributed by atoms with Crippen LogP contribution in [0.5, 0.6) is 0 Å². The van der Waals surface area contributed by atoms with Gasteiger partial charge in [0.15, 0.2) is 0 Å². The van der Waals surface area contributed by atoms with Crippen LogP contribution in [-0.4, -0.2) is 5.78 Å². The van der Waals surface area contributed by atoms with Gasteiger partial charge in [0.2, 0.25) is 0 Å². The number of carbonyl (C=O) groups excluding carboxylic acids is 1. The summed E-state index contributed by atoms with van der Waals surface area (Å²) < 4.78 is 0. The normalized spacial score (nSPS) is 30.8. The summed E-state index contributed by atoms with van der Waals surface area (Å²) in [6, 6.07) is 8.56. The van der Waals surface area contributed by atoms with Gasteiger partial charge in [-0.25, -0.2) is 0 Å². The predicted octanol–water partition coefficient (Wildman–Crippen LogP) is 3.72. The second kappa shape index (κ2) is 4.29. The Morgan fingerprint density at radius 2 is 2.12 bits per heavy atom. The van der Waals surface area contributed by atoms with Crippen molar-refractivity contribution >= 4 is 5.78 Å². The highest BCUT2D eigenvalue weighted by molar-refractivity contribution is 5.82. The largest absolute Gasteiger partial charge is 0.299 e. The van der Waals surface area contributed by atoms with Crippen LogP contribution in [0.2, 0.25) is 0 Å². The molecule has 1 aromatic carbocycles. The molecule has 0 radical (unpaired) electrons. The van der Waals surface area contributed by atoms with Crippen LogP contribution in [0.1, 0.15) is 49.7 Å². The zero-order chi connectivity index (χ0) is 11.8. The molecule has 0 spiro atoms. The van der Waals surface area contributed by atoms with E-state index in [9.17, 15) is 4.79 Å². The van der Waals surface area contributed by atoms with Crippen LogP contribution < -0.4 is 0 Å². The number of rotatable bonds is 3. The highest BCUT2D eigenvalue weighted by atomic mass is 16.1. The first-order valence-corrected chi connectivity index (χ1v) is 6.84. The van der Waals surface area contributed by atoms with E-state index >= 15 is 0 Å². The molecule has 2 aliphatic rings. The van der Waals surface area contributed by atoms with E-state index in [-0.39, 0.29) is 0 Å². The lowest BCUT2D eigenvalue weighted by molar-refractivity contribution is -0.123. The van der Waals surface area contributed by atoms with E-state index in [1.807, 2.05) is 0 Å². The SMILES string of the molecule is CC1CCC(C(=O)CC2Cc3ccccc32)C1. The van der Waals surface area contributed by atoms with Crippen molar-refractivity contribution < 1.29 is 4.79 Å². The van der Waals surface area contributed by atoms with Gasteiger partial charge in [-0.15, -0.1) is 0 Å². The molecule has 0 heterocycles. The summed E-state index contributed by atoms with van der Waals surface area (Å²) in [5.41, 5.74) is 2.87. The van der Waals surface area contributed by atoms with Crippen molar-refractivity contribution in [1.29, 1.82) is 0 Å². The van der Waals surface area contributed by atoms with Gasteiger partial charge in [0.25, 0.3) is 0 Å². The van der Waals surface area contributed by atoms with Crippen molar-refractivity contribution in [1.82, 2.24) is 0 Å². The molecular weight excluding hydrogens is 208 g/mol. The molecule has 2 aliphatic carbocycles.